The SMILES string of the molecule is CC1=CC(N(c2ccc(N(C3=CC=C(c4ccc(N(C5=CCC=C5)c5ccc(N(c6cccc(C)c6)c6cccc(C)c6)cc5)cc4)CC3)c3ccccc3)cc2)[C@H]2C=CCC(C)C2)=CCC1. The second-order valence-corrected chi connectivity index (χ2v) is 18.8. The van der Waals surface area contributed by atoms with Gasteiger partial charge in [0.15, 0.2) is 0 Å². The summed E-state index contributed by atoms with van der Waals surface area (Å²) in [7, 11) is 0. The number of benzene rings is 6. The van der Waals surface area contributed by atoms with E-state index in [-0.39, 0.29) is 0 Å². The minimum absolute atomic E-state index is 0.351. The number of nitrogens with zero attached hydrogens (tertiary/aromatic N) is 4. The van der Waals surface area contributed by atoms with Crippen LogP contribution in [0.15, 0.2) is 229 Å². The second kappa shape index (κ2) is 19.7. The molecule has 0 heterocycles. The Hall–Kier alpha value is -7.30. The topological polar surface area (TPSA) is 13.0 Å². The molecule has 0 aromatic heterocycles. The lowest BCUT2D eigenvalue weighted by molar-refractivity contribution is 0.478. The highest BCUT2D eigenvalue weighted by Gasteiger charge is 2.26. The van der Waals surface area contributed by atoms with Gasteiger partial charge >= 0.3 is 0 Å². The zero-order valence-electron chi connectivity index (χ0n) is 39.5. The van der Waals surface area contributed by atoms with Gasteiger partial charge in [-0.05, 0) is 209 Å². The van der Waals surface area contributed by atoms with Crippen LogP contribution in [0.1, 0.15) is 75.5 Å². The highest BCUT2D eigenvalue weighted by molar-refractivity contribution is 5.81. The predicted molar refractivity (Wildman–Crippen MR) is 286 cm³/mol. The van der Waals surface area contributed by atoms with Gasteiger partial charge in [-0.3, -0.25) is 0 Å². The minimum atomic E-state index is 0.351. The molecule has 0 saturated heterocycles. The van der Waals surface area contributed by atoms with Crippen LogP contribution >= 0.6 is 0 Å². The summed E-state index contributed by atoms with van der Waals surface area (Å²) in [5.41, 5.74) is 19.7. The standard InChI is InChI=1S/C63H62N4/c1-46-14-10-22-60(42-46)66(61-23-11-15-47(2)43-61)58-38-34-56(35-39-58)64(52-18-6-5-7-19-52)54-30-26-50(27-31-54)51-28-32-55(33-29-51)65(53-20-8-9-21-53)57-36-40-59(41-37-57)67(62-24-12-16-48(3)44-62)63-25-13-17-49(4)45-63/h5-8,10,12-13,16-26,28-30,32-41,43-46,60H,9,11,14-15,27,31,42H2,1-4H3/t46?,60-/m0/s1. The van der Waals surface area contributed by atoms with Crippen LogP contribution in [0.4, 0.5) is 45.5 Å². The first-order chi connectivity index (χ1) is 32.8. The third-order valence-corrected chi connectivity index (χ3v) is 13.6. The number of rotatable bonds is 13. The molecule has 334 valence electrons. The normalized spacial score (nSPS) is 17.8. The molecule has 0 amide bonds. The van der Waals surface area contributed by atoms with E-state index in [2.05, 4.69) is 254 Å². The second-order valence-electron chi connectivity index (χ2n) is 18.8. The maximum atomic E-state index is 2.58. The van der Waals surface area contributed by atoms with E-state index in [1.807, 2.05) is 0 Å². The lowest BCUT2D eigenvalue weighted by Crippen LogP contribution is -2.36. The molecule has 2 atom stereocenters. The zero-order valence-corrected chi connectivity index (χ0v) is 39.5. The summed E-state index contributed by atoms with van der Waals surface area (Å²) in [6.45, 7) is 8.97. The third-order valence-electron chi connectivity index (χ3n) is 13.6. The van der Waals surface area contributed by atoms with Crippen LogP contribution in [-0.4, -0.2) is 6.04 Å². The van der Waals surface area contributed by atoms with Gasteiger partial charge in [0.05, 0.1) is 6.04 Å². The Bertz CT molecular complexity index is 2880. The van der Waals surface area contributed by atoms with Crippen molar-refractivity contribution in [2.45, 2.75) is 78.7 Å². The monoisotopic (exact) mass is 874 g/mol. The van der Waals surface area contributed by atoms with Crippen molar-refractivity contribution in [2.75, 3.05) is 19.6 Å². The molecule has 0 radical (unpaired) electrons. The van der Waals surface area contributed by atoms with E-state index in [9.17, 15) is 0 Å². The average molecular weight is 875 g/mol. The summed E-state index contributed by atoms with van der Waals surface area (Å²) in [5.74, 6) is 0.672. The molecule has 0 aliphatic heterocycles. The van der Waals surface area contributed by atoms with Gasteiger partial charge in [-0.25, -0.2) is 0 Å². The molecule has 0 N–H and O–H groups in total. The quantitative estimate of drug-likeness (QED) is 0.107. The van der Waals surface area contributed by atoms with Crippen molar-refractivity contribution < 1.29 is 0 Å². The van der Waals surface area contributed by atoms with E-state index in [4.69, 9.17) is 0 Å². The van der Waals surface area contributed by atoms with Crippen LogP contribution in [0, 0.1) is 19.8 Å². The van der Waals surface area contributed by atoms with Gasteiger partial charge in [0.1, 0.15) is 0 Å². The predicted octanol–water partition coefficient (Wildman–Crippen LogP) is 17.4. The van der Waals surface area contributed by atoms with Gasteiger partial charge in [-0.1, -0.05) is 104 Å². The molecule has 0 bridgehead atoms. The van der Waals surface area contributed by atoms with Crippen LogP contribution in [0.3, 0.4) is 0 Å². The molecule has 0 saturated carbocycles. The van der Waals surface area contributed by atoms with Crippen molar-refractivity contribution in [3.05, 3.63) is 246 Å². The Balaban J connectivity index is 0.915. The fourth-order valence-corrected chi connectivity index (χ4v) is 10.3. The number of hydrogen-bond donors (Lipinski definition) is 0. The van der Waals surface area contributed by atoms with Gasteiger partial charge in [0, 0.05) is 62.6 Å². The Morgan fingerprint density at radius 1 is 0.493 bits per heavy atom. The molecule has 4 aliphatic rings. The lowest BCUT2D eigenvalue weighted by Gasteiger charge is -2.37. The Kier molecular flexibility index (Phi) is 12.8. The van der Waals surface area contributed by atoms with Crippen molar-refractivity contribution in [3.8, 4) is 0 Å². The van der Waals surface area contributed by atoms with Crippen molar-refractivity contribution in [1.82, 2.24) is 0 Å². The fourth-order valence-electron chi connectivity index (χ4n) is 10.3. The van der Waals surface area contributed by atoms with Crippen LogP contribution in [-0.2, 0) is 0 Å². The van der Waals surface area contributed by atoms with Gasteiger partial charge < -0.3 is 19.6 Å². The summed E-state index contributed by atoms with van der Waals surface area (Å²) < 4.78 is 0. The minimum Gasteiger partial charge on any atom is -0.335 e. The summed E-state index contributed by atoms with van der Waals surface area (Å²) >= 11 is 0. The fraction of sp³-hybridized carbons (Fsp3) is 0.206. The van der Waals surface area contributed by atoms with E-state index in [0.717, 1.165) is 73.4 Å². The summed E-state index contributed by atoms with van der Waals surface area (Å²) in [4.78, 5) is 9.76. The first-order valence-electron chi connectivity index (χ1n) is 24.3. The number of hydrogen-bond acceptors (Lipinski definition) is 4. The van der Waals surface area contributed by atoms with Crippen molar-refractivity contribution in [3.63, 3.8) is 0 Å². The first-order valence-corrected chi connectivity index (χ1v) is 24.3. The van der Waals surface area contributed by atoms with Crippen LogP contribution in [0.2, 0.25) is 0 Å². The summed E-state index contributed by atoms with van der Waals surface area (Å²) in [5, 5.41) is 0. The van der Waals surface area contributed by atoms with Gasteiger partial charge in [0.2, 0.25) is 0 Å². The third kappa shape index (κ3) is 9.67. The molecule has 67 heavy (non-hydrogen) atoms. The van der Waals surface area contributed by atoms with Gasteiger partial charge in [-0.2, -0.15) is 0 Å². The van der Waals surface area contributed by atoms with Gasteiger partial charge in [0.25, 0.3) is 0 Å². The van der Waals surface area contributed by atoms with Crippen LogP contribution in [0.5, 0.6) is 0 Å². The van der Waals surface area contributed by atoms with E-state index >= 15 is 0 Å². The highest BCUT2D eigenvalue weighted by atomic mass is 15.2. The van der Waals surface area contributed by atoms with E-state index in [1.54, 1.807) is 0 Å². The summed E-state index contributed by atoms with van der Waals surface area (Å²) in [6.07, 6.45) is 28.5. The van der Waals surface area contributed by atoms with Crippen molar-refractivity contribution >= 4 is 51.1 Å². The zero-order chi connectivity index (χ0) is 45.7. The van der Waals surface area contributed by atoms with E-state index in [0.29, 0.717) is 12.0 Å². The maximum absolute atomic E-state index is 2.58. The summed E-state index contributed by atoms with van der Waals surface area (Å²) in [6, 6.07) is 56.2. The van der Waals surface area contributed by atoms with E-state index < -0.39 is 0 Å². The smallest absolute Gasteiger partial charge is 0.0524 e. The molecular weight excluding hydrogens is 813 g/mol. The molecule has 10 rings (SSSR count). The largest absolute Gasteiger partial charge is 0.335 e. The molecule has 4 nitrogen and oxygen atoms in total. The maximum Gasteiger partial charge on any atom is 0.0524 e. The van der Waals surface area contributed by atoms with Crippen molar-refractivity contribution in [2.24, 2.45) is 5.92 Å². The number of aryl methyl sites for hydroxylation is 2. The first kappa shape index (κ1) is 43.6. The number of allylic oxidation sites excluding steroid dienone is 11. The lowest BCUT2D eigenvalue weighted by atomic mass is 9.90. The van der Waals surface area contributed by atoms with Crippen LogP contribution < -0.4 is 19.6 Å². The number of para-hydroxylation sites is 1. The molecule has 0 spiro atoms. The Morgan fingerprint density at radius 2 is 1.09 bits per heavy atom. The molecule has 0 fully saturated rings. The molecule has 1 unspecified atom stereocenters. The molecule has 4 aliphatic carbocycles. The molecule has 6 aromatic rings. The van der Waals surface area contributed by atoms with E-state index in [1.165, 1.54) is 62.0 Å². The Labute approximate surface area is 399 Å². The molecular formula is C63H62N4. The van der Waals surface area contributed by atoms with Crippen molar-refractivity contribution in [1.29, 1.82) is 0 Å². The van der Waals surface area contributed by atoms with Crippen LogP contribution in [0.25, 0.3) is 5.57 Å². The number of anilines is 8. The molecule has 6 aromatic carbocycles. The average Bonchev–Trinajstić information content (AvgIpc) is 3.89. The molecule has 4 heteroatoms. The van der Waals surface area contributed by atoms with Gasteiger partial charge in [-0.15, -0.1) is 0 Å². The highest BCUT2D eigenvalue weighted by Crippen LogP contribution is 2.42. The Morgan fingerprint density at radius 3 is 1.67 bits per heavy atom.